The number of ether oxygens (including phenoxy) is 5. The van der Waals surface area contributed by atoms with Crippen molar-refractivity contribution in [2.24, 2.45) is 16.9 Å². The van der Waals surface area contributed by atoms with Crippen LogP contribution >= 0.6 is 11.3 Å². The molecule has 56 heavy (non-hydrogen) atoms. The highest BCUT2D eigenvalue weighted by atomic mass is 32.1. The molecule has 3 aromatic carbocycles. The van der Waals surface area contributed by atoms with Gasteiger partial charge in [0.15, 0.2) is 0 Å². The summed E-state index contributed by atoms with van der Waals surface area (Å²) < 4.78 is 29.0. The monoisotopic (exact) mass is 783 g/mol. The predicted octanol–water partition coefficient (Wildman–Crippen LogP) is 9.71. The summed E-state index contributed by atoms with van der Waals surface area (Å²) >= 11 is 1.61. The number of carbonyl (C=O) groups is 3. The Morgan fingerprint density at radius 3 is 2.14 bits per heavy atom. The number of aromatic nitrogens is 1. The highest BCUT2D eigenvalue weighted by Gasteiger charge is 2.32. The lowest BCUT2D eigenvalue weighted by Gasteiger charge is -2.25. The number of para-hydroxylation sites is 1. The first-order valence-electron chi connectivity index (χ1n) is 19.7. The molecule has 1 saturated carbocycles. The van der Waals surface area contributed by atoms with Crippen molar-refractivity contribution < 1.29 is 38.1 Å². The Bertz CT molecular complexity index is 1870. The first-order chi connectivity index (χ1) is 27.4. The summed E-state index contributed by atoms with van der Waals surface area (Å²) in [6.07, 6.45) is 13.0. The van der Waals surface area contributed by atoms with Gasteiger partial charge in [-0.25, -0.2) is 14.8 Å². The topological polar surface area (TPSA) is 126 Å². The molecule has 1 heterocycles. The number of nitrogens with zero attached hydrogens (tertiary/aromatic N) is 3. The van der Waals surface area contributed by atoms with Crippen molar-refractivity contribution in [2.45, 2.75) is 84.0 Å². The highest BCUT2D eigenvalue weighted by Crippen LogP contribution is 2.33. The Hall–Kier alpha value is -5.23. The molecule has 5 rings (SSSR count). The molecule has 0 spiro atoms. The van der Waals surface area contributed by atoms with Gasteiger partial charge in [0, 0.05) is 18.2 Å². The number of methoxy groups -OCH3 is 1. The van der Waals surface area contributed by atoms with E-state index in [2.05, 4.69) is 19.6 Å². The third-order valence-electron chi connectivity index (χ3n) is 9.64. The van der Waals surface area contributed by atoms with Crippen molar-refractivity contribution in [1.82, 2.24) is 4.98 Å². The van der Waals surface area contributed by atoms with Gasteiger partial charge in [0.25, 0.3) is 0 Å². The molecule has 4 aromatic rings. The number of rotatable bonds is 22. The van der Waals surface area contributed by atoms with Gasteiger partial charge in [-0.2, -0.15) is 5.10 Å². The van der Waals surface area contributed by atoms with Crippen LogP contribution in [0.5, 0.6) is 23.0 Å². The fourth-order valence-electron chi connectivity index (χ4n) is 6.42. The summed E-state index contributed by atoms with van der Waals surface area (Å²) in [6, 6.07) is 20.4. The van der Waals surface area contributed by atoms with Crippen LogP contribution in [0.4, 0.5) is 5.13 Å². The number of benzene rings is 3. The maximum Gasteiger partial charge on any atom is 0.330 e. The molecule has 0 N–H and O–H groups in total. The van der Waals surface area contributed by atoms with E-state index in [1.54, 1.807) is 67.1 Å². The standard InChI is InChI=1S/C44H53N3O8S/c1-4-6-7-12-27-47(44-46-38-15-10-11-16-40(38)56-44)45-31-34-30-37(25-26-39(34)51-3)55-43(50)33-19-17-32(18-20-33)42(49)54-36-23-21-35(22-24-36)52-28-13-8-9-14-29-53-41(48)5-2/h5,10-11,15-16,21-26,30-33H,2,4,6-9,12-14,17-20,27-29H2,1,3H3/b45-31-. The molecule has 1 aliphatic carbocycles. The molecule has 298 valence electrons. The minimum absolute atomic E-state index is 0.292. The molecule has 0 saturated heterocycles. The van der Waals surface area contributed by atoms with E-state index in [9.17, 15) is 14.4 Å². The van der Waals surface area contributed by atoms with E-state index in [1.165, 1.54) is 12.5 Å². The zero-order chi connectivity index (χ0) is 39.5. The first-order valence-corrected chi connectivity index (χ1v) is 20.5. The number of carbonyl (C=O) groups excluding carboxylic acids is 3. The lowest BCUT2D eigenvalue weighted by molar-refractivity contribution is -0.145. The molecule has 0 atom stereocenters. The maximum absolute atomic E-state index is 13.3. The Kier molecular flexibility index (Phi) is 16.7. The van der Waals surface area contributed by atoms with Gasteiger partial charge in [-0.3, -0.25) is 9.59 Å². The second-order valence-corrected chi connectivity index (χ2v) is 14.8. The maximum atomic E-state index is 13.3. The molecule has 11 nitrogen and oxygen atoms in total. The summed E-state index contributed by atoms with van der Waals surface area (Å²) in [5.74, 6) is 0.550. The van der Waals surface area contributed by atoms with Crippen molar-refractivity contribution >= 4 is 50.8 Å². The number of thiazole rings is 1. The third-order valence-corrected chi connectivity index (χ3v) is 10.7. The van der Waals surface area contributed by atoms with Crippen molar-refractivity contribution in [3.8, 4) is 23.0 Å². The zero-order valence-corrected chi connectivity index (χ0v) is 33.3. The van der Waals surface area contributed by atoms with Crippen LogP contribution in [0.3, 0.4) is 0 Å². The van der Waals surface area contributed by atoms with Gasteiger partial charge in [0.1, 0.15) is 23.0 Å². The van der Waals surface area contributed by atoms with Gasteiger partial charge in [0.2, 0.25) is 5.13 Å². The zero-order valence-electron chi connectivity index (χ0n) is 32.5. The van der Waals surface area contributed by atoms with Gasteiger partial charge < -0.3 is 23.7 Å². The molecular weight excluding hydrogens is 731 g/mol. The van der Waals surface area contributed by atoms with Crippen LogP contribution in [0.25, 0.3) is 10.2 Å². The third kappa shape index (κ3) is 12.9. The lowest BCUT2D eigenvalue weighted by Crippen LogP contribution is -2.30. The molecule has 0 aliphatic heterocycles. The molecule has 0 unspecified atom stereocenters. The second-order valence-electron chi connectivity index (χ2n) is 13.8. The van der Waals surface area contributed by atoms with Crippen LogP contribution in [0, 0.1) is 11.8 Å². The van der Waals surface area contributed by atoms with Crippen LogP contribution in [-0.4, -0.2) is 56.0 Å². The minimum atomic E-state index is -0.396. The predicted molar refractivity (Wildman–Crippen MR) is 220 cm³/mol. The number of hydrogen-bond acceptors (Lipinski definition) is 12. The average molecular weight is 784 g/mol. The Balaban J connectivity index is 1.07. The molecule has 1 aliphatic rings. The summed E-state index contributed by atoms with van der Waals surface area (Å²) in [4.78, 5) is 42.2. The number of esters is 3. The number of hydrogen-bond donors (Lipinski definition) is 0. The molecule has 0 bridgehead atoms. The van der Waals surface area contributed by atoms with Gasteiger partial charge in [0.05, 0.1) is 48.6 Å². The van der Waals surface area contributed by atoms with Gasteiger partial charge in [-0.05, 0) is 112 Å². The van der Waals surface area contributed by atoms with Crippen molar-refractivity contribution in [3.05, 3.63) is 84.9 Å². The number of hydrazone groups is 1. The summed E-state index contributed by atoms with van der Waals surface area (Å²) in [5, 5.41) is 7.60. The van der Waals surface area contributed by atoms with Crippen LogP contribution in [0.15, 0.2) is 84.5 Å². The molecule has 1 aromatic heterocycles. The quantitative estimate of drug-likeness (QED) is 0.0190. The largest absolute Gasteiger partial charge is 0.496 e. The van der Waals surface area contributed by atoms with Crippen molar-refractivity contribution in [2.75, 3.05) is 31.9 Å². The molecule has 0 radical (unpaired) electrons. The summed E-state index contributed by atoms with van der Waals surface area (Å²) in [6.45, 7) is 7.26. The highest BCUT2D eigenvalue weighted by molar-refractivity contribution is 7.22. The van der Waals surface area contributed by atoms with Gasteiger partial charge in [-0.15, -0.1) is 0 Å². The fourth-order valence-corrected chi connectivity index (χ4v) is 7.37. The van der Waals surface area contributed by atoms with Crippen LogP contribution in [0.2, 0.25) is 0 Å². The van der Waals surface area contributed by atoms with E-state index in [0.29, 0.717) is 67.5 Å². The van der Waals surface area contributed by atoms with E-state index in [1.807, 2.05) is 23.2 Å². The van der Waals surface area contributed by atoms with Crippen LogP contribution < -0.4 is 24.0 Å². The Morgan fingerprint density at radius 2 is 1.46 bits per heavy atom. The van der Waals surface area contributed by atoms with Gasteiger partial charge >= 0.3 is 17.9 Å². The summed E-state index contributed by atoms with van der Waals surface area (Å²) in [7, 11) is 1.60. The van der Waals surface area contributed by atoms with Crippen molar-refractivity contribution in [3.63, 3.8) is 0 Å². The number of unbranched alkanes of at least 4 members (excludes halogenated alkanes) is 6. The molecule has 12 heteroatoms. The summed E-state index contributed by atoms with van der Waals surface area (Å²) in [5.41, 5.74) is 1.62. The van der Waals surface area contributed by atoms with Gasteiger partial charge in [-0.1, -0.05) is 56.2 Å². The van der Waals surface area contributed by atoms with E-state index < -0.39 is 5.97 Å². The Morgan fingerprint density at radius 1 is 0.821 bits per heavy atom. The molecular formula is C44H53N3O8S. The van der Waals surface area contributed by atoms with Crippen LogP contribution in [0.1, 0.15) is 89.5 Å². The fraction of sp³-hybridized carbons (Fsp3) is 0.432. The van der Waals surface area contributed by atoms with E-state index in [0.717, 1.165) is 66.8 Å². The average Bonchev–Trinajstić information content (AvgIpc) is 3.66. The van der Waals surface area contributed by atoms with E-state index in [4.69, 9.17) is 33.8 Å². The number of fused-ring (bicyclic) bond motifs is 1. The van der Waals surface area contributed by atoms with Crippen LogP contribution in [-0.2, 0) is 19.1 Å². The second kappa shape index (κ2) is 22.4. The lowest BCUT2D eigenvalue weighted by atomic mass is 9.82. The minimum Gasteiger partial charge on any atom is -0.496 e. The van der Waals surface area contributed by atoms with E-state index >= 15 is 0 Å². The van der Waals surface area contributed by atoms with E-state index in [-0.39, 0.29) is 23.8 Å². The first kappa shape index (κ1) is 41.9. The molecule has 0 amide bonds. The van der Waals surface area contributed by atoms with Crippen molar-refractivity contribution in [1.29, 1.82) is 0 Å². The SMILES string of the molecule is C=CC(=O)OCCCCCCOc1ccc(OC(=O)C2CCC(C(=O)Oc3ccc(OC)c(/C=N\N(CCCCCC)c4nc5ccccc5s4)c3)CC2)cc1. The Labute approximate surface area is 333 Å². The number of anilines is 1. The molecule has 1 fully saturated rings. The normalized spacial score (nSPS) is 15.3. The smallest absolute Gasteiger partial charge is 0.330 e.